The van der Waals surface area contributed by atoms with Crippen LogP contribution in [0.2, 0.25) is 0 Å². The molecular formula is C19H21Cl2N3O3S. The van der Waals surface area contributed by atoms with Gasteiger partial charge in [0, 0.05) is 55.5 Å². The van der Waals surface area contributed by atoms with Crippen molar-refractivity contribution in [2.75, 3.05) is 26.2 Å². The maximum absolute atomic E-state index is 12.9. The summed E-state index contributed by atoms with van der Waals surface area (Å²) in [5.74, 6) is -0.110. The largest absolute Gasteiger partial charge is 0.336 e. The molecule has 2 aliphatic rings. The predicted octanol–water partition coefficient (Wildman–Crippen LogP) is 2.64. The zero-order valence-electron chi connectivity index (χ0n) is 15.0. The molecule has 0 unspecified atom stereocenters. The van der Waals surface area contributed by atoms with Gasteiger partial charge in [-0.3, -0.25) is 14.7 Å². The second-order valence-electron chi connectivity index (χ2n) is 6.45. The van der Waals surface area contributed by atoms with E-state index in [0.717, 1.165) is 25.3 Å². The molecule has 0 spiro atoms. The highest BCUT2D eigenvalue weighted by atomic mass is 35.5. The number of hydrogen-bond acceptors (Lipinski definition) is 5. The number of sulfone groups is 1. The molecule has 2 aliphatic heterocycles. The van der Waals surface area contributed by atoms with Crippen molar-refractivity contribution in [1.82, 2.24) is 14.8 Å². The van der Waals surface area contributed by atoms with E-state index in [0.29, 0.717) is 24.2 Å². The second-order valence-corrected chi connectivity index (χ2v) is 8.26. The number of pyridine rings is 1. The lowest BCUT2D eigenvalue weighted by molar-refractivity contribution is 0.0626. The fourth-order valence-electron chi connectivity index (χ4n) is 3.38. The molecule has 28 heavy (non-hydrogen) atoms. The fraction of sp³-hybridized carbons (Fsp3) is 0.263. The van der Waals surface area contributed by atoms with Crippen molar-refractivity contribution in [3.63, 3.8) is 0 Å². The molecule has 150 valence electrons. The summed E-state index contributed by atoms with van der Waals surface area (Å²) >= 11 is 0. The minimum absolute atomic E-state index is 0. The smallest absolute Gasteiger partial charge is 0.254 e. The minimum Gasteiger partial charge on any atom is -0.336 e. The van der Waals surface area contributed by atoms with Crippen molar-refractivity contribution in [2.45, 2.75) is 11.4 Å². The quantitative estimate of drug-likeness (QED) is 0.731. The Labute approximate surface area is 177 Å². The number of hydrogen-bond donors (Lipinski definition) is 0. The van der Waals surface area contributed by atoms with E-state index in [1.165, 1.54) is 11.5 Å². The van der Waals surface area contributed by atoms with E-state index in [-0.39, 0.29) is 35.6 Å². The third-order valence-electron chi connectivity index (χ3n) is 4.79. The first-order valence-electron chi connectivity index (χ1n) is 8.52. The second kappa shape index (κ2) is 9.05. The molecule has 9 heteroatoms. The Morgan fingerprint density at radius 2 is 1.75 bits per heavy atom. The summed E-state index contributed by atoms with van der Waals surface area (Å²) in [5.41, 5.74) is 1.98. The van der Waals surface area contributed by atoms with Gasteiger partial charge in [-0.15, -0.1) is 24.8 Å². The fourth-order valence-corrected chi connectivity index (χ4v) is 4.60. The van der Waals surface area contributed by atoms with Crippen molar-refractivity contribution < 1.29 is 13.2 Å². The molecule has 0 radical (unpaired) electrons. The molecule has 0 atom stereocenters. The summed E-state index contributed by atoms with van der Waals surface area (Å²) in [6.07, 6.45) is 3.31. The van der Waals surface area contributed by atoms with Crippen LogP contribution in [0.15, 0.2) is 52.9 Å². The summed E-state index contributed by atoms with van der Waals surface area (Å²) < 4.78 is 24.0. The molecule has 1 aromatic heterocycles. The summed E-state index contributed by atoms with van der Waals surface area (Å²) in [6.45, 7) is 3.54. The highest BCUT2D eigenvalue weighted by Gasteiger charge is 2.28. The van der Waals surface area contributed by atoms with E-state index in [2.05, 4.69) is 9.88 Å². The Morgan fingerprint density at radius 3 is 2.43 bits per heavy atom. The van der Waals surface area contributed by atoms with Gasteiger partial charge in [0.2, 0.25) is 0 Å². The lowest BCUT2D eigenvalue weighted by Gasteiger charge is -2.34. The van der Waals surface area contributed by atoms with Crippen LogP contribution in [0.1, 0.15) is 21.6 Å². The molecule has 2 aromatic rings. The Hall–Kier alpha value is -1.93. The van der Waals surface area contributed by atoms with Crippen LogP contribution in [0.5, 0.6) is 0 Å². The maximum atomic E-state index is 12.9. The Bertz CT molecular complexity index is 973. The lowest BCUT2D eigenvalue weighted by Crippen LogP contribution is -2.48. The monoisotopic (exact) mass is 441 g/mol. The summed E-state index contributed by atoms with van der Waals surface area (Å²) in [4.78, 5) is 21.5. The molecule has 1 aromatic carbocycles. The van der Waals surface area contributed by atoms with Crippen molar-refractivity contribution in [3.05, 3.63) is 64.8 Å². The zero-order valence-corrected chi connectivity index (χ0v) is 17.5. The standard InChI is InChI=1S/C19H19N3O3S.2ClH/c23-19(17-5-3-6-18-16(17)7-13-26(18,24)25)22-11-9-21(10-12-22)14-15-4-1-2-8-20-15;;/h1-8,13H,9-12,14H2;2*1H. The first kappa shape index (κ1) is 22.4. The highest BCUT2D eigenvalue weighted by Crippen LogP contribution is 2.30. The molecule has 1 saturated heterocycles. The average Bonchev–Trinajstić information content (AvgIpc) is 2.98. The van der Waals surface area contributed by atoms with E-state index in [1.54, 1.807) is 29.3 Å². The summed E-state index contributed by atoms with van der Waals surface area (Å²) in [6, 6.07) is 10.7. The van der Waals surface area contributed by atoms with Gasteiger partial charge in [0.15, 0.2) is 9.84 Å². The zero-order chi connectivity index (χ0) is 18.1. The molecule has 0 N–H and O–H groups in total. The number of carbonyl (C=O) groups excluding carboxylic acids is 1. The number of amides is 1. The summed E-state index contributed by atoms with van der Waals surface area (Å²) in [5, 5.41) is 1.17. The Morgan fingerprint density at radius 1 is 1.00 bits per heavy atom. The molecule has 4 rings (SSSR count). The lowest BCUT2D eigenvalue weighted by atomic mass is 10.1. The van der Waals surface area contributed by atoms with Crippen molar-refractivity contribution in [1.29, 1.82) is 0 Å². The Balaban J connectivity index is 0.00000140. The van der Waals surface area contributed by atoms with Crippen LogP contribution in [0, 0.1) is 0 Å². The van der Waals surface area contributed by atoms with E-state index < -0.39 is 9.84 Å². The van der Waals surface area contributed by atoms with Gasteiger partial charge < -0.3 is 4.90 Å². The van der Waals surface area contributed by atoms with Crippen LogP contribution in [0.25, 0.3) is 6.08 Å². The molecular weight excluding hydrogens is 421 g/mol. The predicted molar refractivity (Wildman–Crippen MR) is 113 cm³/mol. The first-order chi connectivity index (χ1) is 12.5. The number of aromatic nitrogens is 1. The van der Waals surface area contributed by atoms with E-state index in [1.807, 2.05) is 18.2 Å². The van der Waals surface area contributed by atoms with Crippen LogP contribution >= 0.6 is 24.8 Å². The van der Waals surface area contributed by atoms with Gasteiger partial charge in [0.05, 0.1) is 10.6 Å². The molecule has 0 saturated carbocycles. The molecule has 0 bridgehead atoms. The minimum atomic E-state index is -3.40. The number of fused-ring (bicyclic) bond motifs is 1. The highest BCUT2D eigenvalue weighted by molar-refractivity contribution is 7.94. The van der Waals surface area contributed by atoms with Crippen LogP contribution in [0.3, 0.4) is 0 Å². The SMILES string of the molecule is Cl.Cl.O=C(c1cccc2c1C=CS2(=O)=O)N1CCN(Cc2ccccn2)CC1. The van der Waals surface area contributed by atoms with Gasteiger partial charge in [-0.25, -0.2) is 8.42 Å². The van der Waals surface area contributed by atoms with Gasteiger partial charge in [0.25, 0.3) is 5.91 Å². The molecule has 0 aliphatic carbocycles. The van der Waals surface area contributed by atoms with Gasteiger partial charge in [-0.1, -0.05) is 12.1 Å². The van der Waals surface area contributed by atoms with Crippen LogP contribution in [-0.4, -0.2) is 55.3 Å². The normalized spacial score (nSPS) is 17.4. The first-order valence-corrected chi connectivity index (χ1v) is 10.1. The number of nitrogens with zero attached hydrogens (tertiary/aromatic N) is 3. The average molecular weight is 442 g/mol. The van der Waals surface area contributed by atoms with E-state index >= 15 is 0 Å². The molecule has 3 heterocycles. The van der Waals surface area contributed by atoms with Crippen molar-refractivity contribution >= 4 is 46.6 Å². The van der Waals surface area contributed by atoms with Gasteiger partial charge in [-0.05, 0) is 30.3 Å². The van der Waals surface area contributed by atoms with Crippen LogP contribution in [-0.2, 0) is 16.4 Å². The number of carbonyl (C=O) groups is 1. The number of halogens is 2. The Kier molecular flexibility index (Phi) is 7.22. The number of piperazine rings is 1. The van der Waals surface area contributed by atoms with Crippen LogP contribution in [0.4, 0.5) is 0 Å². The van der Waals surface area contributed by atoms with Gasteiger partial charge >= 0.3 is 0 Å². The maximum Gasteiger partial charge on any atom is 0.254 e. The van der Waals surface area contributed by atoms with Gasteiger partial charge in [0.1, 0.15) is 0 Å². The van der Waals surface area contributed by atoms with Gasteiger partial charge in [-0.2, -0.15) is 0 Å². The van der Waals surface area contributed by atoms with Crippen molar-refractivity contribution in [2.24, 2.45) is 0 Å². The number of benzene rings is 1. The third kappa shape index (κ3) is 4.38. The van der Waals surface area contributed by atoms with Crippen LogP contribution < -0.4 is 0 Å². The van der Waals surface area contributed by atoms with Crippen molar-refractivity contribution in [3.8, 4) is 0 Å². The topological polar surface area (TPSA) is 70.6 Å². The molecule has 1 fully saturated rings. The van der Waals surface area contributed by atoms with E-state index in [9.17, 15) is 13.2 Å². The molecule has 1 amide bonds. The summed E-state index contributed by atoms with van der Waals surface area (Å²) in [7, 11) is -3.40. The number of rotatable bonds is 3. The third-order valence-corrected chi connectivity index (χ3v) is 6.25. The molecule has 6 nitrogen and oxygen atoms in total. The van der Waals surface area contributed by atoms with E-state index in [4.69, 9.17) is 0 Å².